The van der Waals surface area contributed by atoms with Gasteiger partial charge in [0, 0.05) is 10.2 Å². The molecule has 3 rings (SSSR count). The summed E-state index contributed by atoms with van der Waals surface area (Å²) in [5.41, 5.74) is 0.0739. The standard InChI is InChI=1S/C9H13O2Si/c10-8(11)9-3-1-6(2-4-9)7(12)5-9/h6-7H,1-5H2,(H,10,11). The molecular formula is C9H13O2Si. The second-order valence-electron chi connectivity index (χ2n) is 4.23. The fourth-order valence-corrected chi connectivity index (χ4v) is 3.41. The highest BCUT2D eigenvalue weighted by Crippen LogP contribution is 2.54. The molecule has 0 heterocycles. The van der Waals surface area contributed by atoms with E-state index in [1.807, 2.05) is 0 Å². The predicted molar refractivity (Wildman–Crippen MR) is 46.1 cm³/mol. The minimum absolute atomic E-state index is 0.374. The fraction of sp³-hybridized carbons (Fsp3) is 0.889. The van der Waals surface area contributed by atoms with Gasteiger partial charge in [-0.2, -0.15) is 0 Å². The van der Waals surface area contributed by atoms with Crippen LogP contribution in [0, 0.1) is 11.3 Å². The van der Waals surface area contributed by atoms with Crippen molar-refractivity contribution in [1.82, 2.24) is 0 Å². The Kier molecular flexibility index (Phi) is 1.79. The quantitative estimate of drug-likeness (QED) is 0.624. The van der Waals surface area contributed by atoms with Crippen molar-refractivity contribution >= 4 is 16.2 Å². The van der Waals surface area contributed by atoms with E-state index in [1.54, 1.807) is 0 Å². The van der Waals surface area contributed by atoms with Crippen LogP contribution in [0.25, 0.3) is 0 Å². The molecule has 0 aromatic rings. The highest BCUT2D eigenvalue weighted by Gasteiger charge is 2.48. The van der Waals surface area contributed by atoms with Crippen LogP contribution in [0.4, 0.5) is 0 Å². The second-order valence-corrected chi connectivity index (χ2v) is 4.98. The molecule has 1 unspecified atom stereocenters. The summed E-state index contributed by atoms with van der Waals surface area (Å²) in [6, 6.07) is 0. The molecule has 3 aliphatic rings. The van der Waals surface area contributed by atoms with Crippen LogP contribution >= 0.6 is 0 Å². The third-order valence-electron chi connectivity index (χ3n) is 3.62. The van der Waals surface area contributed by atoms with E-state index in [2.05, 4.69) is 10.2 Å². The Morgan fingerprint density at radius 1 is 1.42 bits per heavy atom. The lowest BCUT2D eigenvalue weighted by molar-refractivity contribution is -0.155. The Labute approximate surface area is 75.8 Å². The normalized spacial score (nSPS) is 46.1. The maximum absolute atomic E-state index is 11.1. The summed E-state index contributed by atoms with van der Waals surface area (Å²) >= 11 is 0. The van der Waals surface area contributed by atoms with Gasteiger partial charge in [0.15, 0.2) is 0 Å². The first kappa shape index (κ1) is 8.29. The van der Waals surface area contributed by atoms with Gasteiger partial charge in [-0.05, 0) is 43.6 Å². The van der Waals surface area contributed by atoms with E-state index >= 15 is 0 Å². The summed E-state index contributed by atoms with van der Waals surface area (Å²) in [6.45, 7) is 0. The SMILES string of the molecule is O=C(O)C12CCC(CC1)C([Si])C2. The van der Waals surface area contributed by atoms with Gasteiger partial charge in [-0.3, -0.25) is 4.79 Å². The van der Waals surface area contributed by atoms with Gasteiger partial charge in [-0.25, -0.2) is 0 Å². The van der Waals surface area contributed by atoms with Gasteiger partial charge in [-0.1, -0.05) is 0 Å². The largest absolute Gasteiger partial charge is 0.481 e. The zero-order valence-corrected chi connectivity index (χ0v) is 8.05. The highest BCUT2D eigenvalue weighted by molar-refractivity contribution is 6.12. The third-order valence-corrected chi connectivity index (χ3v) is 4.30. The van der Waals surface area contributed by atoms with Crippen molar-refractivity contribution in [3.8, 4) is 0 Å². The van der Waals surface area contributed by atoms with Crippen LogP contribution in [-0.4, -0.2) is 21.3 Å². The molecule has 12 heavy (non-hydrogen) atoms. The van der Waals surface area contributed by atoms with Crippen LogP contribution in [0.2, 0.25) is 5.54 Å². The molecule has 3 fully saturated rings. The summed E-state index contributed by atoms with van der Waals surface area (Å²) in [4.78, 5) is 11.1. The van der Waals surface area contributed by atoms with Crippen LogP contribution in [0.3, 0.4) is 0 Å². The Morgan fingerprint density at radius 2 is 2.00 bits per heavy atom. The third kappa shape index (κ3) is 1.03. The molecule has 3 heteroatoms. The van der Waals surface area contributed by atoms with E-state index < -0.39 is 5.97 Å². The fourth-order valence-electron chi connectivity index (χ4n) is 2.69. The first-order chi connectivity index (χ1) is 5.64. The van der Waals surface area contributed by atoms with Crippen molar-refractivity contribution in [2.75, 3.05) is 0 Å². The topological polar surface area (TPSA) is 37.3 Å². The van der Waals surface area contributed by atoms with Gasteiger partial charge in [0.2, 0.25) is 0 Å². The zero-order valence-electron chi connectivity index (χ0n) is 7.05. The van der Waals surface area contributed by atoms with Crippen molar-refractivity contribution in [2.24, 2.45) is 11.3 Å². The van der Waals surface area contributed by atoms with Crippen molar-refractivity contribution in [2.45, 2.75) is 37.6 Å². The minimum Gasteiger partial charge on any atom is -0.481 e. The summed E-state index contributed by atoms with van der Waals surface area (Å²) < 4.78 is 0. The van der Waals surface area contributed by atoms with Crippen LogP contribution in [-0.2, 0) is 4.79 Å². The van der Waals surface area contributed by atoms with Crippen LogP contribution < -0.4 is 0 Å². The average Bonchev–Trinajstić information content (AvgIpc) is 2.05. The van der Waals surface area contributed by atoms with Crippen molar-refractivity contribution in [3.63, 3.8) is 0 Å². The summed E-state index contributed by atoms with van der Waals surface area (Å²) in [7, 11) is 3.64. The molecule has 3 aliphatic carbocycles. The molecule has 0 amide bonds. The molecule has 2 nitrogen and oxygen atoms in total. The molecule has 65 valence electrons. The molecule has 3 saturated carbocycles. The number of hydrogen-bond acceptors (Lipinski definition) is 1. The van der Waals surface area contributed by atoms with Gasteiger partial charge in [0.05, 0.1) is 5.41 Å². The van der Waals surface area contributed by atoms with Crippen molar-refractivity contribution < 1.29 is 9.90 Å². The Balaban J connectivity index is 2.21. The minimum atomic E-state index is -0.580. The van der Waals surface area contributed by atoms with Gasteiger partial charge in [-0.15, -0.1) is 0 Å². The molecule has 2 bridgehead atoms. The Hall–Kier alpha value is -0.313. The maximum atomic E-state index is 11.1. The number of carboxylic acid groups (broad SMARTS) is 1. The predicted octanol–water partition coefficient (Wildman–Crippen LogP) is 1.61. The Morgan fingerprint density at radius 3 is 2.33 bits per heavy atom. The molecule has 3 radical (unpaired) electrons. The van der Waals surface area contributed by atoms with Gasteiger partial charge >= 0.3 is 5.97 Å². The lowest BCUT2D eigenvalue weighted by atomic mass is 9.60. The number of aliphatic carboxylic acids is 1. The summed E-state index contributed by atoms with van der Waals surface area (Å²) in [5, 5.41) is 9.11. The zero-order chi connectivity index (χ0) is 8.77. The maximum Gasteiger partial charge on any atom is 0.309 e. The van der Waals surface area contributed by atoms with E-state index in [4.69, 9.17) is 5.11 Å². The van der Waals surface area contributed by atoms with Crippen LogP contribution in [0.1, 0.15) is 32.1 Å². The second kappa shape index (κ2) is 2.59. The molecule has 0 aliphatic heterocycles. The number of carbonyl (C=O) groups is 1. The molecule has 0 aromatic carbocycles. The number of rotatable bonds is 1. The van der Waals surface area contributed by atoms with Gasteiger partial charge < -0.3 is 5.11 Å². The van der Waals surface area contributed by atoms with Crippen molar-refractivity contribution in [3.05, 3.63) is 0 Å². The van der Waals surface area contributed by atoms with E-state index in [9.17, 15) is 4.79 Å². The highest BCUT2D eigenvalue weighted by atomic mass is 28.1. The smallest absolute Gasteiger partial charge is 0.309 e. The number of hydrogen-bond donors (Lipinski definition) is 1. The summed E-state index contributed by atoms with van der Waals surface area (Å²) in [6.07, 6.45) is 4.83. The van der Waals surface area contributed by atoms with E-state index in [-0.39, 0.29) is 5.41 Å². The Bertz CT molecular complexity index is 207. The molecule has 0 spiro atoms. The average molecular weight is 181 g/mol. The van der Waals surface area contributed by atoms with E-state index in [1.165, 1.54) is 0 Å². The monoisotopic (exact) mass is 181 g/mol. The molecule has 0 aromatic heterocycles. The first-order valence-electron chi connectivity index (χ1n) is 4.59. The van der Waals surface area contributed by atoms with E-state index in [0.29, 0.717) is 5.54 Å². The first-order valence-corrected chi connectivity index (χ1v) is 5.16. The summed E-state index contributed by atoms with van der Waals surface area (Å²) in [5.74, 6) is 0.159. The van der Waals surface area contributed by atoms with Crippen molar-refractivity contribution in [1.29, 1.82) is 0 Å². The molecule has 1 atom stereocenters. The van der Waals surface area contributed by atoms with E-state index in [0.717, 1.165) is 38.0 Å². The molecule has 1 N–H and O–H groups in total. The number of carboxylic acids is 1. The van der Waals surface area contributed by atoms with Crippen LogP contribution in [0.15, 0.2) is 0 Å². The lowest BCUT2D eigenvalue weighted by Gasteiger charge is -2.47. The molecule has 0 saturated heterocycles. The van der Waals surface area contributed by atoms with Gasteiger partial charge in [0.1, 0.15) is 0 Å². The number of fused-ring (bicyclic) bond motifs is 3. The van der Waals surface area contributed by atoms with Gasteiger partial charge in [0.25, 0.3) is 0 Å². The van der Waals surface area contributed by atoms with Crippen LogP contribution in [0.5, 0.6) is 0 Å². The molecular weight excluding hydrogens is 168 g/mol. The lowest BCUT2D eigenvalue weighted by Crippen LogP contribution is -2.43.